The molecule has 3 amide bonds. The second-order valence-corrected chi connectivity index (χ2v) is 34.6. The van der Waals surface area contributed by atoms with E-state index in [1.165, 1.54) is 48.9 Å². The summed E-state index contributed by atoms with van der Waals surface area (Å²) in [5.41, 5.74) is 19.8. The fourth-order valence-corrected chi connectivity index (χ4v) is 15.0. The molecular weight excluding hydrogens is 1690 g/mol. The van der Waals surface area contributed by atoms with Crippen LogP contribution < -0.4 is 62.3 Å². The normalized spacial score (nSPS) is 20.4. The van der Waals surface area contributed by atoms with Crippen molar-refractivity contribution < 1.29 is 118 Å². The largest absolute Gasteiger partial charge is 0.490 e. The fraction of sp³-hybridized carbons (Fsp3) is 0.469. The number of aliphatic hydroxyl groups excluding tert-OH is 7. The first-order chi connectivity index (χ1) is 61.0. The first-order valence-corrected chi connectivity index (χ1v) is 43.2. The molecular formula is C96H122F8N8O17. The second kappa shape index (κ2) is 47.6. The number of alkyl carbamates (subject to hydrolysis) is 2. The third kappa shape index (κ3) is 32.2. The molecule has 1 fully saturated rings. The number of benzene rings is 8. The summed E-state index contributed by atoms with van der Waals surface area (Å²) in [6.07, 6.45) is -3.82. The topological polar surface area (TPSA) is 385 Å². The van der Waals surface area contributed by atoms with Gasteiger partial charge in [0.2, 0.25) is 5.91 Å². The Balaban J connectivity index is 0.000000187. The Morgan fingerprint density at radius 1 is 0.395 bits per heavy atom. The van der Waals surface area contributed by atoms with Gasteiger partial charge in [-0.25, -0.2) is 44.7 Å². The minimum Gasteiger partial charge on any atom is -0.490 e. The van der Waals surface area contributed by atoms with Gasteiger partial charge in [-0.1, -0.05) is 76.2 Å². The van der Waals surface area contributed by atoms with Gasteiger partial charge in [0.25, 0.3) is 0 Å². The van der Waals surface area contributed by atoms with Crippen LogP contribution in [0.3, 0.4) is 0 Å². The highest BCUT2D eigenvalue weighted by molar-refractivity contribution is 5.73. The van der Waals surface area contributed by atoms with E-state index in [2.05, 4.69) is 38.8 Å². The molecule has 33 heteroatoms. The van der Waals surface area contributed by atoms with Crippen molar-refractivity contribution >= 4 is 18.1 Å². The molecule has 5 aliphatic rings. The maximum Gasteiger partial charge on any atom is 0.407 e. The maximum atomic E-state index is 13.7. The summed E-state index contributed by atoms with van der Waals surface area (Å²) in [6, 6.07) is 31.6. The molecule has 5 aliphatic heterocycles. The Morgan fingerprint density at radius 2 is 0.682 bits per heavy atom. The monoisotopic (exact) mass is 1810 g/mol. The number of halogens is 8. The van der Waals surface area contributed by atoms with Crippen molar-refractivity contribution in [2.45, 2.75) is 236 Å². The number of nitrogens with two attached hydrogens (primary N) is 2. The minimum absolute atomic E-state index is 0.0181. The van der Waals surface area contributed by atoms with Crippen LogP contribution in [0.15, 0.2) is 146 Å². The van der Waals surface area contributed by atoms with Gasteiger partial charge in [-0.15, -0.1) is 0 Å². The molecule has 25 nitrogen and oxygen atoms in total. The van der Waals surface area contributed by atoms with Gasteiger partial charge in [0.15, 0.2) is 0 Å². The number of epoxide rings is 1. The number of carbonyl (C=O) groups is 3. The zero-order chi connectivity index (χ0) is 94.3. The molecule has 5 heterocycles. The molecule has 8 aromatic carbocycles. The molecule has 0 spiro atoms. The molecule has 129 heavy (non-hydrogen) atoms. The lowest BCUT2D eigenvalue weighted by Gasteiger charge is -2.33. The van der Waals surface area contributed by atoms with Crippen molar-refractivity contribution in [3.63, 3.8) is 0 Å². The fourth-order valence-electron chi connectivity index (χ4n) is 15.0. The highest BCUT2D eigenvalue weighted by Crippen LogP contribution is 2.38. The summed E-state index contributed by atoms with van der Waals surface area (Å²) in [5, 5.41) is 90.5. The van der Waals surface area contributed by atoms with Crippen LogP contribution in [0.4, 0.5) is 44.7 Å². The van der Waals surface area contributed by atoms with Crippen molar-refractivity contribution in [1.82, 2.24) is 31.9 Å². The number of aryl methyl sites for hydroxylation is 4. The van der Waals surface area contributed by atoms with E-state index < -0.39 is 149 Å². The average Bonchev–Trinajstić information content (AvgIpc) is 1.61. The highest BCUT2D eigenvalue weighted by atomic mass is 19.2. The van der Waals surface area contributed by atoms with Crippen LogP contribution in [0, 0.1) is 46.5 Å². The molecule has 16 atom stereocenters. The summed E-state index contributed by atoms with van der Waals surface area (Å²) in [5.74, 6) is -3.13. The molecule has 0 bridgehead atoms. The van der Waals surface area contributed by atoms with Gasteiger partial charge in [0.05, 0.1) is 67.2 Å². The summed E-state index contributed by atoms with van der Waals surface area (Å²) in [7, 11) is 0. The van der Waals surface area contributed by atoms with E-state index in [4.69, 9.17) is 44.6 Å². The number of carbonyl (C=O) groups excluding carboxylic acids is 3. The van der Waals surface area contributed by atoms with Gasteiger partial charge in [-0.2, -0.15) is 0 Å². The third-order valence-corrected chi connectivity index (χ3v) is 21.7. The second-order valence-electron chi connectivity index (χ2n) is 34.6. The number of amides is 3. The maximum absolute atomic E-state index is 13.7. The van der Waals surface area contributed by atoms with Crippen LogP contribution >= 0.6 is 0 Å². The van der Waals surface area contributed by atoms with E-state index in [1.807, 2.05) is 93.6 Å². The molecule has 13 rings (SSSR count). The van der Waals surface area contributed by atoms with Gasteiger partial charge >= 0.3 is 12.2 Å². The lowest BCUT2D eigenvalue weighted by atomic mass is 9.94. The molecule has 0 aliphatic carbocycles. The third-order valence-electron chi connectivity index (χ3n) is 21.7. The summed E-state index contributed by atoms with van der Waals surface area (Å²) >= 11 is 0. The predicted molar refractivity (Wildman–Crippen MR) is 468 cm³/mol. The summed E-state index contributed by atoms with van der Waals surface area (Å²) in [4.78, 5) is 35.8. The minimum atomic E-state index is -1.17. The number of aliphatic hydroxyl groups is 7. The Hall–Kier alpha value is -10.1. The van der Waals surface area contributed by atoms with E-state index in [0.29, 0.717) is 47.2 Å². The van der Waals surface area contributed by atoms with Crippen LogP contribution in [0.1, 0.15) is 167 Å². The van der Waals surface area contributed by atoms with Gasteiger partial charge in [0, 0.05) is 79.1 Å². The average molecular weight is 1810 g/mol. The number of hydrogen-bond acceptors (Lipinski definition) is 22. The Kier molecular flexibility index (Phi) is 37.9. The first kappa shape index (κ1) is 103. The van der Waals surface area contributed by atoms with Gasteiger partial charge in [0.1, 0.15) is 138 Å². The number of hydrogen-bond donors (Lipinski definition) is 15. The van der Waals surface area contributed by atoms with E-state index in [9.17, 15) is 85.3 Å². The zero-order valence-corrected chi connectivity index (χ0v) is 74.3. The van der Waals surface area contributed by atoms with Gasteiger partial charge in [-0.3, -0.25) is 4.79 Å². The van der Waals surface area contributed by atoms with Crippen LogP contribution in [0.2, 0.25) is 0 Å². The molecule has 1 saturated heterocycles. The Morgan fingerprint density at radius 3 is 1.00 bits per heavy atom. The SMILES string of the molecule is CC(C)(C)OC(=O)NC(Cc1cc(F)cc(F)c1)C1CO1.CCc1ccc2c(c1)C(N)C(O)CO2.CCc1ccc2c(c1)C(NCC(O)C(Cc1cc(F)cc(F)c1)NC(=O)OC(C)(C)C)C(O)CO2.CCc1ccc2c(c1)C(NCC(O)C(Cc1cc(F)cc(F)c1)NC(C)=O)C(O)CO2.CCc1ccc2c(c1)C(NCC(O)C(N)Cc1cc(F)cc(F)c1)C(O)CO2. The lowest BCUT2D eigenvalue weighted by molar-refractivity contribution is -0.120. The number of fused-ring (bicyclic) bond motifs is 4. The van der Waals surface area contributed by atoms with Crippen molar-refractivity contribution in [1.29, 1.82) is 0 Å². The molecule has 16 unspecified atom stereocenters. The van der Waals surface area contributed by atoms with E-state index in [-0.39, 0.29) is 94.8 Å². The van der Waals surface area contributed by atoms with E-state index >= 15 is 0 Å². The highest BCUT2D eigenvalue weighted by Gasteiger charge is 2.38. The molecule has 0 radical (unpaired) electrons. The molecule has 0 saturated carbocycles. The lowest BCUT2D eigenvalue weighted by Crippen LogP contribution is -2.51. The summed E-state index contributed by atoms with van der Waals surface area (Å²) < 4.78 is 145. The Labute approximate surface area is 746 Å². The number of rotatable bonds is 28. The standard InChI is InChI=1S/C26H34F2N2O5.C23H28F2N2O4.C21H26F2N2O3.C15H19F2NO3.C11H15NO2/c1-5-15-6-7-23-19(10-15)24(22(32)14-34-23)29-13-21(31)20(30-25(33)35-26(2,3)4)11-16-8-17(27)12-18(28)9-16;1-3-14-4-5-22-18(8-14)23(21(30)12-31-22)26-11-20(29)19(27-13(2)28)9-15-6-16(24)10-17(25)7-15;1-2-12-3-4-20-16(7-12)21(19(27)11-28-20)25-10-18(26)17(24)8-13-5-14(22)9-15(23)6-13;1-15(2,3)21-14(19)18-12(13-8-20-13)6-9-4-10(16)7-11(17)5-9;1-2-7-3-4-10-8(5-7)11(12)9(13)6-14-10/h6-10,12,20-22,24,29,31-32H,5,11,13-14H2,1-4H3,(H,30,33);4-8,10,19-21,23,26,29-30H,3,9,11-12H2,1-2H3,(H,27,28);3-7,9,17-19,21,25-27H,2,8,10-11,24H2,1H3;4-5,7,12-13H,6,8H2,1-3H3,(H,18,19);3-5,9,11,13H,2,6,12H2,1H3. The quantitative estimate of drug-likeness (QED) is 0.0160. The van der Waals surface area contributed by atoms with Crippen LogP contribution in [0.5, 0.6) is 23.0 Å². The smallest absolute Gasteiger partial charge is 0.407 e. The molecule has 0 aromatic heterocycles. The van der Waals surface area contributed by atoms with E-state index in [0.717, 1.165) is 107 Å². The Bertz CT molecular complexity index is 4930. The summed E-state index contributed by atoms with van der Waals surface area (Å²) in [6.45, 7) is 21.2. The van der Waals surface area contributed by atoms with Crippen LogP contribution in [0.25, 0.3) is 0 Å². The molecule has 8 aromatic rings. The van der Waals surface area contributed by atoms with Gasteiger partial charge < -0.3 is 112 Å². The number of nitrogens with one attached hydrogen (secondary N) is 6. The van der Waals surface area contributed by atoms with Crippen molar-refractivity contribution in [3.05, 3.63) is 259 Å². The van der Waals surface area contributed by atoms with Crippen molar-refractivity contribution in [2.75, 3.05) is 52.7 Å². The number of ether oxygens (including phenoxy) is 7. The predicted octanol–water partition coefficient (Wildman–Crippen LogP) is 11.1. The van der Waals surface area contributed by atoms with Crippen molar-refractivity contribution in [2.24, 2.45) is 11.5 Å². The molecule has 704 valence electrons. The van der Waals surface area contributed by atoms with Crippen LogP contribution in [-0.2, 0) is 70.4 Å². The molecule has 17 N–H and O–H groups in total. The van der Waals surface area contributed by atoms with E-state index in [1.54, 1.807) is 41.5 Å². The van der Waals surface area contributed by atoms with Gasteiger partial charge in [-0.05, 0) is 210 Å². The first-order valence-electron chi connectivity index (χ1n) is 43.2. The van der Waals surface area contributed by atoms with Crippen molar-refractivity contribution in [3.8, 4) is 23.0 Å². The zero-order valence-electron chi connectivity index (χ0n) is 74.3. The van der Waals surface area contributed by atoms with Crippen LogP contribution in [-0.4, -0.2) is 191 Å².